The number of aromatic nitrogens is 4. The molecule has 1 saturated heterocycles. The highest BCUT2D eigenvalue weighted by Crippen LogP contribution is 2.32. The molecule has 0 aromatic carbocycles. The SMILES string of the molecule is CCOC1CC(CO)OC1n1cnc2c(=O)[nH]c(N)nc21. The fourth-order valence-corrected chi connectivity index (χ4v) is 2.57. The Morgan fingerprint density at radius 2 is 2.48 bits per heavy atom. The molecule has 3 atom stereocenters. The Labute approximate surface area is 119 Å². The highest BCUT2D eigenvalue weighted by atomic mass is 16.6. The lowest BCUT2D eigenvalue weighted by Gasteiger charge is -2.19. The molecule has 0 spiro atoms. The number of nitrogens with one attached hydrogen (secondary N) is 1. The van der Waals surface area contributed by atoms with E-state index < -0.39 is 11.8 Å². The number of aliphatic hydroxyl groups is 1. The van der Waals surface area contributed by atoms with Gasteiger partial charge in [0.1, 0.15) is 6.10 Å². The van der Waals surface area contributed by atoms with Crippen LogP contribution in [-0.2, 0) is 9.47 Å². The largest absolute Gasteiger partial charge is 0.394 e. The van der Waals surface area contributed by atoms with Gasteiger partial charge in [-0.15, -0.1) is 0 Å². The quantitative estimate of drug-likeness (QED) is 0.686. The molecule has 0 aliphatic carbocycles. The first-order valence-electron chi connectivity index (χ1n) is 6.74. The smallest absolute Gasteiger partial charge is 0.280 e. The van der Waals surface area contributed by atoms with Crippen molar-refractivity contribution in [3.05, 3.63) is 16.7 Å². The number of aromatic amines is 1. The monoisotopic (exact) mass is 295 g/mol. The summed E-state index contributed by atoms with van der Waals surface area (Å²) in [5.74, 6) is 0.0129. The lowest BCUT2D eigenvalue weighted by molar-refractivity contribution is -0.0666. The molecule has 1 fully saturated rings. The zero-order valence-corrected chi connectivity index (χ0v) is 11.5. The van der Waals surface area contributed by atoms with Gasteiger partial charge in [-0.1, -0.05) is 0 Å². The van der Waals surface area contributed by atoms with Gasteiger partial charge >= 0.3 is 0 Å². The van der Waals surface area contributed by atoms with Crippen molar-refractivity contribution in [1.82, 2.24) is 19.5 Å². The number of hydrogen-bond donors (Lipinski definition) is 3. The van der Waals surface area contributed by atoms with E-state index in [9.17, 15) is 9.90 Å². The van der Waals surface area contributed by atoms with E-state index in [0.717, 1.165) is 0 Å². The van der Waals surface area contributed by atoms with Gasteiger partial charge in [-0.05, 0) is 6.92 Å². The third kappa shape index (κ3) is 2.39. The van der Waals surface area contributed by atoms with Crippen molar-refractivity contribution >= 4 is 17.1 Å². The minimum absolute atomic E-state index is 0.0129. The minimum Gasteiger partial charge on any atom is -0.394 e. The highest BCUT2D eigenvalue weighted by Gasteiger charge is 2.37. The second-order valence-corrected chi connectivity index (χ2v) is 4.84. The van der Waals surface area contributed by atoms with E-state index in [1.54, 1.807) is 4.57 Å². The summed E-state index contributed by atoms with van der Waals surface area (Å²) in [7, 11) is 0. The number of fused-ring (bicyclic) bond motifs is 1. The zero-order chi connectivity index (χ0) is 15.0. The van der Waals surface area contributed by atoms with E-state index in [1.807, 2.05) is 6.92 Å². The second kappa shape index (κ2) is 5.43. The maximum absolute atomic E-state index is 11.8. The molecule has 9 heteroatoms. The summed E-state index contributed by atoms with van der Waals surface area (Å²) in [6, 6.07) is 0. The van der Waals surface area contributed by atoms with Gasteiger partial charge in [0.15, 0.2) is 17.4 Å². The second-order valence-electron chi connectivity index (χ2n) is 4.84. The van der Waals surface area contributed by atoms with Gasteiger partial charge in [-0.25, -0.2) is 4.98 Å². The summed E-state index contributed by atoms with van der Waals surface area (Å²) in [5.41, 5.74) is 5.70. The Hall–Kier alpha value is -1.97. The number of imidazole rings is 1. The minimum atomic E-state index is -0.499. The van der Waals surface area contributed by atoms with Crippen LogP contribution in [-0.4, -0.2) is 50.0 Å². The fourth-order valence-electron chi connectivity index (χ4n) is 2.57. The van der Waals surface area contributed by atoms with Crippen molar-refractivity contribution in [1.29, 1.82) is 0 Å². The standard InChI is InChI=1S/C12H17N5O4/c1-2-20-7-3-6(4-18)21-11(7)17-5-14-8-9(17)15-12(13)16-10(8)19/h5-7,11,18H,2-4H2,1H3,(H3,13,15,16,19). The van der Waals surface area contributed by atoms with E-state index in [2.05, 4.69) is 15.0 Å². The predicted octanol–water partition coefficient (Wildman–Crippen LogP) is -0.613. The lowest BCUT2D eigenvalue weighted by atomic mass is 10.2. The van der Waals surface area contributed by atoms with Crippen LogP contribution in [0.15, 0.2) is 11.1 Å². The van der Waals surface area contributed by atoms with Crippen molar-refractivity contribution in [2.24, 2.45) is 0 Å². The Morgan fingerprint density at radius 3 is 3.19 bits per heavy atom. The number of H-pyrrole nitrogens is 1. The van der Waals surface area contributed by atoms with Crippen LogP contribution >= 0.6 is 0 Å². The molecule has 1 aliphatic heterocycles. The number of nitrogen functional groups attached to an aromatic ring is 1. The van der Waals surface area contributed by atoms with Gasteiger partial charge in [0.25, 0.3) is 5.56 Å². The number of nitrogens with two attached hydrogens (primary N) is 1. The number of rotatable bonds is 4. The summed E-state index contributed by atoms with van der Waals surface area (Å²) >= 11 is 0. The molecule has 2 aromatic rings. The van der Waals surface area contributed by atoms with Crippen molar-refractivity contribution in [3.8, 4) is 0 Å². The molecular weight excluding hydrogens is 278 g/mol. The maximum atomic E-state index is 11.8. The molecule has 114 valence electrons. The van der Waals surface area contributed by atoms with Crippen LogP contribution in [0.25, 0.3) is 11.2 Å². The fraction of sp³-hybridized carbons (Fsp3) is 0.583. The number of ether oxygens (including phenoxy) is 2. The van der Waals surface area contributed by atoms with E-state index in [-0.39, 0.29) is 30.3 Å². The normalized spacial score (nSPS) is 25.7. The first kappa shape index (κ1) is 14.0. The van der Waals surface area contributed by atoms with Crippen LogP contribution in [0.3, 0.4) is 0 Å². The lowest BCUT2D eigenvalue weighted by Crippen LogP contribution is -2.23. The van der Waals surface area contributed by atoms with E-state index >= 15 is 0 Å². The van der Waals surface area contributed by atoms with Crippen LogP contribution in [0, 0.1) is 0 Å². The first-order chi connectivity index (χ1) is 10.1. The van der Waals surface area contributed by atoms with Gasteiger partial charge in [0, 0.05) is 13.0 Å². The van der Waals surface area contributed by atoms with E-state index in [1.165, 1.54) is 6.33 Å². The Balaban J connectivity index is 2.04. The van der Waals surface area contributed by atoms with Crippen LogP contribution in [0.2, 0.25) is 0 Å². The third-order valence-corrected chi connectivity index (χ3v) is 3.45. The van der Waals surface area contributed by atoms with Crippen molar-refractivity contribution in [2.75, 3.05) is 18.9 Å². The molecule has 0 radical (unpaired) electrons. The summed E-state index contributed by atoms with van der Waals surface area (Å²) in [6.07, 6.45) is 0.979. The summed E-state index contributed by atoms with van der Waals surface area (Å²) < 4.78 is 13.0. The Bertz CT molecular complexity index is 697. The molecule has 1 aliphatic rings. The van der Waals surface area contributed by atoms with Gasteiger partial charge < -0.3 is 20.3 Å². The number of hydrogen-bond acceptors (Lipinski definition) is 7. The molecular formula is C12H17N5O4. The Morgan fingerprint density at radius 1 is 1.67 bits per heavy atom. The summed E-state index contributed by atoms with van der Waals surface area (Å²) in [5, 5.41) is 9.27. The third-order valence-electron chi connectivity index (χ3n) is 3.45. The molecule has 0 amide bonds. The first-order valence-corrected chi connectivity index (χ1v) is 6.74. The Kier molecular flexibility index (Phi) is 3.62. The average Bonchev–Trinajstić information content (AvgIpc) is 3.02. The molecule has 0 saturated carbocycles. The molecule has 21 heavy (non-hydrogen) atoms. The maximum Gasteiger partial charge on any atom is 0.280 e. The van der Waals surface area contributed by atoms with Gasteiger partial charge in [0.05, 0.1) is 19.0 Å². The van der Waals surface area contributed by atoms with Crippen molar-refractivity contribution in [2.45, 2.75) is 31.8 Å². The van der Waals surface area contributed by atoms with Gasteiger partial charge in [0.2, 0.25) is 5.95 Å². The number of nitrogens with zero attached hydrogens (tertiary/aromatic N) is 3. The van der Waals surface area contributed by atoms with Crippen LogP contribution in [0.4, 0.5) is 5.95 Å². The summed E-state index contributed by atoms with van der Waals surface area (Å²) in [6.45, 7) is 2.31. The topological polar surface area (TPSA) is 128 Å². The summed E-state index contributed by atoms with van der Waals surface area (Å²) in [4.78, 5) is 22.4. The average molecular weight is 295 g/mol. The molecule has 9 nitrogen and oxygen atoms in total. The van der Waals surface area contributed by atoms with Gasteiger partial charge in [-0.2, -0.15) is 4.98 Å². The van der Waals surface area contributed by atoms with Gasteiger partial charge in [-0.3, -0.25) is 14.3 Å². The number of anilines is 1. The predicted molar refractivity (Wildman–Crippen MR) is 73.6 cm³/mol. The zero-order valence-electron chi connectivity index (χ0n) is 11.5. The molecule has 3 unspecified atom stereocenters. The molecule has 4 N–H and O–H groups in total. The number of aliphatic hydroxyl groups excluding tert-OH is 1. The van der Waals surface area contributed by atoms with Crippen LogP contribution in [0.5, 0.6) is 0 Å². The molecule has 0 bridgehead atoms. The van der Waals surface area contributed by atoms with Crippen molar-refractivity contribution < 1.29 is 14.6 Å². The van der Waals surface area contributed by atoms with Crippen LogP contribution < -0.4 is 11.3 Å². The van der Waals surface area contributed by atoms with E-state index in [0.29, 0.717) is 18.7 Å². The molecule has 3 rings (SSSR count). The molecule has 2 aromatic heterocycles. The van der Waals surface area contributed by atoms with Crippen molar-refractivity contribution in [3.63, 3.8) is 0 Å². The highest BCUT2D eigenvalue weighted by molar-refractivity contribution is 5.70. The molecule has 3 heterocycles. The van der Waals surface area contributed by atoms with Crippen LogP contribution in [0.1, 0.15) is 19.6 Å². The van der Waals surface area contributed by atoms with E-state index in [4.69, 9.17) is 15.2 Å².